The Morgan fingerprint density at radius 2 is 2.15 bits per heavy atom. The fourth-order valence-electron chi connectivity index (χ4n) is 1.70. The molecule has 20 heavy (non-hydrogen) atoms. The van der Waals surface area contributed by atoms with Gasteiger partial charge in [0.15, 0.2) is 0 Å². The Kier molecular flexibility index (Phi) is 7.09. The van der Waals surface area contributed by atoms with Gasteiger partial charge in [-0.25, -0.2) is 4.79 Å². The van der Waals surface area contributed by atoms with Gasteiger partial charge in [0.05, 0.1) is 5.75 Å². The van der Waals surface area contributed by atoms with Gasteiger partial charge >= 0.3 is 5.97 Å². The van der Waals surface area contributed by atoms with Crippen LogP contribution in [0.15, 0.2) is 27.6 Å². The molecule has 0 bridgehead atoms. The predicted molar refractivity (Wildman–Crippen MR) is 84.1 cm³/mol. The lowest BCUT2D eigenvalue weighted by atomic mass is 10.2. The first-order valence-corrected chi connectivity index (χ1v) is 8.13. The molecule has 1 rings (SSSR count). The maximum absolute atomic E-state index is 11.8. The topological polar surface area (TPSA) is 66.4 Å². The van der Waals surface area contributed by atoms with Crippen molar-refractivity contribution in [2.45, 2.75) is 37.6 Å². The molecule has 0 saturated heterocycles. The fraction of sp³-hybridized carbons (Fsp3) is 0.429. The van der Waals surface area contributed by atoms with Gasteiger partial charge in [-0.15, -0.1) is 11.8 Å². The highest BCUT2D eigenvalue weighted by Crippen LogP contribution is 2.25. The van der Waals surface area contributed by atoms with Gasteiger partial charge in [-0.3, -0.25) is 4.79 Å². The number of carboxylic acids is 1. The van der Waals surface area contributed by atoms with Crippen molar-refractivity contribution in [1.82, 2.24) is 5.32 Å². The van der Waals surface area contributed by atoms with Crippen molar-refractivity contribution in [3.8, 4) is 0 Å². The molecule has 1 aromatic carbocycles. The van der Waals surface area contributed by atoms with Gasteiger partial charge in [-0.05, 0) is 37.1 Å². The van der Waals surface area contributed by atoms with E-state index in [2.05, 4.69) is 21.2 Å². The number of benzene rings is 1. The monoisotopic (exact) mass is 359 g/mol. The number of aryl methyl sites for hydroxylation is 1. The Hall–Kier alpha value is -1.01. The minimum Gasteiger partial charge on any atom is -0.480 e. The minimum absolute atomic E-state index is 0.218. The normalized spacial score (nSPS) is 11.9. The number of halogens is 1. The van der Waals surface area contributed by atoms with Gasteiger partial charge in [0.25, 0.3) is 0 Å². The summed E-state index contributed by atoms with van der Waals surface area (Å²) in [5.41, 5.74) is 1.08. The van der Waals surface area contributed by atoms with Gasteiger partial charge in [-0.1, -0.05) is 29.3 Å². The van der Waals surface area contributed by atoms with E-state index < -0.39 is 12.0 Å². The number of rotatable bonds is 7. The Labute approximate surface area is 131 Å². The van der Waals surface area contributed by atoms with Crippen molar-refractivity contribution in [2.24, 2.45) is 0 Å². The molecule has 0 aliphatic heterocycles. The van der Waals surface area contributed by atoms with Crippen LogP contribution in [0.3, 0.4) is 0 Å². The average Bonchev–Trinajstić information content (AvgIpc) is 2.37. The Morgan fingerprint density at radius 1 is 1.45 bits per heavy atom. The Morgan fingerprint density at radius 3 is 2.70 bits per heavy atom. The number of hydrogen-bond acceptors (Lipinski definition) is 3. The number of carbonyl (C=O) groups excluding carboxylic acids is 1. The van der Waals surface area contributed by atoms with Gasteiger partial charge < -0.3 is 10.4 Å². The van der Waals surface area contributed by atoms with Crippen LogP contribution >= 0.6 is 27.7 Å². The number of carbonyl (C=O) groups is 2. The van der Waals surface area contributed by atoms with Crippen molar-refractivity contribution < 1.29 is 14.7 Å². The maximum Gasteiger partial charge on any atom is 0.326 e. The second-order valence-electron chi connectivity index (χ2n) is 4.45. The first-order chi connectivity index (χ1) is 9.43. The van der Waals surface area contributed by atoms with Crippen LogP contribution in [-0.4, -0.2) is 28.8 Å². The minimum atomic E-state index is -0.981. The van der Waals surface area contributed by atoms with Crippen LogP contribution in [0.5, 0.6) is 0 Å². The number of nitrogens with one attached hydrogen (secondary N) is 1. The van der Waals surface area contributed by atoms with E-state index in [0.717, 1.165) is 21.4 Å². The van der Waals surface area contributed by atoms with Crippen molar-refractivity contribution in [1.29, 1.82) is 0 Å². The third-order valence-corrected chi connectivity index (χ3v) is 4.38. The summed E-state index contributed by atoms with van der Waals surface area (Å²) >= 11 is 4.80. The molecule has 0 radical (unpaired) electrons. The van der Waals surface area contributed by atoms with Crippen LogP contribution in [0.1, 0.15) is 25.3 Å². The zero-order valence-electron chi connectivity index (χ0n) is 11.5. The highest BCUT2D eigenvalue weighted by molar-refractivity contribution is 9.10. The van der Waals surface area contributed by atoms with E-state index in [4.69, 9.17) is 5.11 Å². The molecule has 0 aromatic heterocycles. The van der Waals surface area contributed by atoms with E-state index in [1.807, 2.05) is 32.0 Å². The second-order valence-corrected chi connectivity index (χ2v) is 6.38. The second kappa shape index (κ2) is 8.32. The molecule has 0 aliphatic rings. The lowest BCUT2D eigenvalue weighted by molar-refractivity contribution is -0.141. The lowest BCUT2D eigenvalue weighted by Crippen LogP contribution is -2.41. The van der Waals surface area contributed by atoms with Crippen LogP contribution in [-0.2, 0) is 9.59 Å². The molecule has 110 valence electrons. The summed E-state index contributed by atoms with van der Waals surface area (Å²) in [6.45, 7) is 3.87. The van der Waals surface area contributed by atoms with Gasteiger partial charge in [0.2, 0.25) is 5.91 Å². The molecule has 1 atom stereocenters. The molecule has 6 heteroatoms. The fourth-order valence-corrected chi connectivity index (χ4v) is 3.00. The van der Waals surface area contributed by atoms with Crippen LogP contribution in [0.25, 0.3) is 0 Å². The quantitative estimate of drug-likeness (QED) is 0.733. The van der Waals surface area contributed by atoms with Crippen LogP contribution in [0.2, 0.25) is 0 Å². The van der Waals surface area contributed by atoms with E-state index in [1.54, 1.807) is 0 Å². The summed E-state index contributed by atoms with van der Waals surface area (Å²) in [4.78, 5) is 23.8. The summed E-state index contributed by atoms with van der Waals surface area (Å²) in [6, 6.07) is 5.05. The number of aliphatic carboxylic acids is 1. The number of thioether (sulfide) groups is 1. The standard InChI is InChI=1S/C14H18BrNO3S/c1-3-4-11(14(18)19)16-13(17)8-20-12-6-5-10(15)7-9(12)2/h5-7,11H,3-4,8H2,1-2H3,(H,16,17)(H,18,19)/t11-/m1/s1. The van der Waals surface area contributed by atoms with Crippen LogP contribution in [0, 0.1) is 6.92 Å². The number of carboxylic acid groups (broad SMARTS) is 1. The number of amides is 1. The van der Waals surface area contributed by atoms with Gasteiger partial charge in [0, 0.05) is 9.37 Å². The van der Waals surface area contributed by atoms with E-state index in [1.165, 1.54) is 11.8 Å². The third kappa shape index (κ3) is 5.54. The summed E-state index contributed by atoms with van der Waals surface area (Å²) in [6.07, 6.45) is 1.17. The first kappa shape index (κ1) is 17.0. The molecule has 0 fully saturated rings. The zero-order valence-corrected chi connectivity index (χ0v) is 13.9. The van der Waals surface area contributed by atoms with E-state index in [9.17, 15) is 9.59 Å². The highest BCUT2D eigenvalue weighted by atomic mass is 79.9. The van der Waals surface area contributed by atoms with Crippen molar-refractivity contribution in [3.63, 3.8) is 0 Å². The smallest absolute Gasteiger partial charge is 0.326 e. The molecule has 1 amide bonds. The summed E-state index contributed by atoms with van der Waals surface area (Å²) in [7, 11) is 0. The van der Waals surface area contributed by atoms with Gasteiger partial charge in [-0.2, -0.15) is 0 Å². The summed E-state index contributed by atoms with van der Waals surface area (Å²) in [5, 5.41) is 11.5. The van der Waals surface area contributed by atoms with Crippen molar-refractivity contribution in [3.05, 3.63) is 28.2 Å². The summed E-state index contributed by atoms with van der Waals surface area (Å²) < 4.78 is 0.998. The zero-order chi connectivity index (χ0) is 15.1. The maximum atomic E-state index is 11.8. The van der Waals surface area contributed by atoms with E-state index in [-0.39, 0.29) is 11.7 Å². The summed E-state index contributed by atoms with van der Waals surface area (Å²) in [5.74, 6) is -1.01. The molecule has 0 spiro atoms. The first-order valence-electron chi connectivity index (χ1n) is 6.35. The largest absolute Gasteiger partial charge is 0.480 e. The molecule has 2 N–H and O–H groups in total. The average molecular weight is 360 g/mol. The van der Waals surface area contributed by atoms with E-state index >= 15 is 0 Å². The molecule has 0 saturated carbocycles. The van der Waals surface area contributed by atoms with Gasteiger partial charge in [0.1, 0.15) is 6.04 Å². The Balaban J connectivity index is 2.52. The molecule has 0 heterocycles. The molecule has 1 aromatic rings. The molecular formula is C14H18BrNO3S. The van der Waals surface area contributed by atoms with Crippen LogP contribution < -0.4 is 5.32 Å². The Bertz CT molecular complexity index is 493. The number of hydrogen-bond donors (Lipinski definition) is 2. The highest BCUT2D eigenvalue weighted by Gasteiger charge is 2.18. The molecule has 0 aliphatic carbocycles. The van der Waals surface area contributed by atoms with Crippen LogP contribution in [0.4, 0.5) is 0 Å². The predicted octanol–water partition coefficient (Wildman–Crippen LogP) is 3.22. The molecule has 4 nitrogen and oxygen atoms in total. The molecule has 0 unspecified atom stereocenters. The molecular weight excluding hydrogens is 342 g/mol. The SMILES string of the molecule is CCC[C@@H](NC(=O)CSc1ccc(Br)cc1C)C(=O)O. The van der Waals surface area contributed by atoms with Crippen molar-refractivity contribution >= 4 is 39.6 Å². The lowest BCUT2D eigenvalue weighted by Gasteiger charge is -2.13. The van der Waals surface area contributed by atoms with Crippen molar-refractivity contribution in [2.75, 3.05) is 5.75 Å². The van der Waals surface area contributed by atoms with E-state index in [0.29, 0.717) is 6.42 Å². The third-order valence-electron chi connectivity index (χ3n) is 2.71.